The third-order valence-electron chi connectivity index (χ3n) is 3.05. The van der Waals surface area contributed by atoms with Crippen LogP contribution in [-0.4, -0.2) is 5.11 Å². The van der Waals surface area contributed by atoms with Crippen molar-refractivity contribution in [1.29, 1.82) is 0 Å². The molecule has 1 nitrogen and oxygen atoms in total. The lowest BCUT2D eigenvalue weighted by Crippen LogP contribution is -2.06. The molecule has 1 N–H and O–H groups in total. The van der Waals surface area contributed by atoms with Crippen LogP contribution in [-0.2, 0) is 6.42 Å². The van der Waals surface area contributed by atoms with Crippen molar-refractivity contribution in [2.45, 2.75) is 19.4 Å². The summed E-state index contributed by atoms with van der Waals surface area (Å²) in [4.78, 5) is 0. The molecule has 0 aliphatic rings. The van der Waals surface area contributed by atoms with Crippen LogP contribution in [0.1, 0.15) is 22.8 Å². The fraction of sp³-hybridized carbons (Fsp3) is 0.200. The molecule has 0 saturated carbocycles. The smallest absolute Gasteiger partial charge is 0.127 e. The summed E-state index contributed by atoms with van der Waals surface area (Å²) in [6, 6.07) is 8.49. The van der Waals surface area contributed by atoms with Gasteiger partial charge in [0.2, 0.25) is 0 Å². The van der Waals surface area contributed by atoms with Crippen LogP contribution in [0.5, 0.6) is 0 Å². The molecule has 1 atom stereocenters. The summed E-state index contributed by atoms with van der Waals surface area (Å²) in [7, 11) is 0. The summed E-state index contributed by atoms with van der Waals surface area (Å²) in [6.45, 7) is 1.70. The number of aliphatic hydroxyl groups excluding tert-OH is 1. The number of hydrogen-bond acceptors (Lipinski definition) is 1. The Morgan fingerprint density at radius 1 is 1.21 bits per heavy atom. The van der Waals surface area contributed by atoms with Crippen LogP contribution >= 0.6 is 11.6 Å². The molecular formula is C15H13ClF2O. The van der Waals surface area contributed by atoms with E-state index in [0.29, 0.717) is 11.1 Å². The molecule has 0 fully saturated rings. The maximum atomic E-state index is 13.6. The van der Waals surface area contributed by atoms with Crippen LogP contribution in [0, 0.1) is 18.6 Å². The van der Waals surface area contributed by atoms with E-state index in [1.54, 1.807) is 13.0 Å². The quantitative estimate of drug-likeness (QED) is 0.894. The average molecular weight is 283 g/mol. The number of halogens is 3. The Morgan fingerprint density at radius 3 is 2.58 bits per heavy atom. The highest BCUT2D eigenvalue weighted by molar-refractivity contribution is 6.31. The van der Waals surface area contributed by atoms with Crippen LogP contribution in [0.3, 0.4) is 0 Å². The molecule has 1 unspecified atom stereocenters. The van der Waals surface area contributed by atoms with Crippen molar-refractivity contribution in [3.63, 3.8) is 0 Å². The van der Waals surface area contributed by atoms with Gasteiger partial charge in [0.15, 0.2) is 0 Å². The topological polar surface area (TPSA) is 20.2 Å². The van der Waals surface area contributed by atoms with Crippen LogP contribution < -0.4 is 0 Å². The van der Waals surface area contributed by atoms with Gasteiger partial charge in [-0.2, -0.15) is 0 Å². The van der Waals surface area contributed by atoms with Gasteiger partial charge in [-0.25, -0.2) is 8.78 Å². The fourth-order valence-corrected chi connectivity index (χ4v) is 2.28. The Labute approximate surface area is 115 Å². The SMILES string of the molecule is Cc1cc(F)ccc1C(O)Cc1c(F)cccc1Cl. The lowest BCUT2D eigenvalue weighted by atomic mass is 9.97. The highest BCUT2D eigenvalue weighted by Crippen LogP contribution is 2.27. The molecule has 0 bridgehead atoms. The highest BCUT2D eigenvalue weighted by Gasteiger charge is 2.16. The van der Waals surface area contributed by atoms with Crippen LogP contribution in [0.15, 0.2) is 36.4 Å². The Hall–Kier alpha value is -1.45. The summed E-state index contributed by atoms with van der Waals surface area (Å²) in [6.07, 6.45) is -0.868. The Morgan fingerprint density at radius 2 is 1.95 bits per heavy atom. The van der Waals surface area contributed by atoms with Crippen LogP contribution in [0.25, 0.3) is 0 Å². The Balaban J connectivity index is 2.28. The summed E-state index contributed by atoms with van der Waals surface area (Å²) < 4.78 is 26.6. The van der Waals surface area contributed by atoms with Crippen molar-refractivity contribution in [2.75, 3.05) is 0 Å². The summed E-state index contributed by atoms with van der Waals surface area (Å²) >= 11 is 5.91. The van der Waals surface area contributed by atoms with Crippen molar-refractivity contribution in [1.82, 2.24) is 0 Å². The maximum absolute atomic E-state index is 13.6. The van der Waals surface area contributed by atoms with E-state index >= 15 is 0 Å². The van der Waals surface area contributed by atoms with Gasteiger partial charge in [0.1, 0.15) is 11.6 Å². The molecule has 0 saturated heterocycles. The van der Waals surface area contributed by atoms with Gasteiger partial charge in [0, 0.05) is 17.0 Å². The van der Waals surface area contributed by atoms with E-state index in [0.717, 1.165) is 0 Å². The van der Waals surface area contributed by atoms with Gasteiger partial charge in [-0.05, 0) is 42.3 Å². The minimum Gasteiger partial charge on any atom is -0.388 e. The largest absolute Gasteiger partial charge is 0.388 e. The molecule has 4 heteroatoms. The lowest BCUT2D eigenvalue weighted by molar-refractivity contribution is 0.176. The molecule has 0 aliphatic carbocycles. The molecule has 2 aromatic rings. The monoisotopic (exact) mass is 282 g/mol. The van der Waals surface area contributed by atoms with Crippen molar-refractivity contribution in [3.8, 4) is 0 Å². The fourth-order valence-electron chi connectivity index (χ4n) is 2.04. The predicted octanol–water partition coefficient (Wildman–Crippen LogP) is 4.20. The van der Waals surface area contributed by atoms with Crippen molar-refractivity contribution in [2.24, 2.45) is 0 Å². The van der Waals surface area contributed by atoms with E-state index in [4.69, 9.17) is 11.6 Å². The first-order valence-corrected chi connectivity index (χ1v) is 6.24. The molecule has 0 heterocycles. The second-order valence-corrected chi connectivity index (χ2v) is 4.83. The molecule has 0 aliphatic heterocycles. The van der Waals surface area contributed by atoms with Gasteiger partial charge in [-0.3, -0.25) is 0 Å². The van der Waals surface area contributed by atoms with E-state index in [1.165, 1.54) is 30.3 Å². The maximum Gasteiger partial charge on any atom is 0.127 e. The first-order valence-electron chi connectivity index (χ1n) is 5.86. The van der Waals surface area contributed by atoms with Gasteiger partial charge in [-0.1, -0.05) is 23.7 Å². The summed E-state index contributed by atoms with van der Waals surface area (Å²) in [5, 5.41) is 10.4. The number of aliphatic hydroxyl groups is 1. The van der Waals surface area contributed by atoms with Crippen LogP contribution in [0.2, 0.25) is 5.02 Å². The zero-order valence-corrected chi connectivity index (χ0v) is 11.1. The predicted molar refractivity (Wildman–Crippen MR) is 71.2 cm³/mol. The van der Waals surface area contributed by atoms with Crippen molar-refractivity contribution < 1.29 is 13.9 Å². The molecule has 19 heavy (non-hydrogen) atoms. The third kappa shape index (κ3) is 3.11. The second-order valence-electron chi connectivity index (χ2n) is 4.42. The minimum atomic E-state index is -0.921. The molecule has 2 aromatic carbocycles. The van der Waals surface area contributed by atoms with Gasteiger partial charge in [0.05, 0.1) is 6.10 Å². The van der Waals surface area contributed by atoms with Crippen molar-refractivity contribution >= 4 is 11.6 Å². The standard InChI is InChI=1S/C15H13ClF2O/c1-9-7-10(17)5-6-11(9)15(19)8-12-13(16)3-2-4-14(12)18/h2-7,15,19H,8H2,1H3. The second kappa shape index (κ2) is 5.68. The lowest BCUT2D eigenvalue weighted by Gasteiger charge is -2.15. The Bertz CT molecular complexity index is 578. The van der Waals surface area contributed by atoms with E-state index in [1.807, 2.05) is 0 Å². The Kier molecular flexibility index (Phi) is 4.17. The summed E-state index contributed by atoms with van der Waals surface area (Å²) in [5.41, 5.74) is 1.46. The zero-order chi connectivity index (χ0) is 14.0. The van der Waals surface area contributed by atoms with Gasteiger partial charge in [-0.15, -0.1) is 0 Å². The van der Waals surface area contributed by atoms with Gasteiger partial charge in [0.25, 0.3) is 0 Å². The third-order valence-corrected chi connectivity index (χ3v) is 3.40. The molecule has 0 amide bonds. The molecular weight excluding hydrogens is 270 g/mol. The molecule has 2 rings (SSSR count). The number of hydrogen-bond donors (Lipinski definition) is 1. The number of benzene rings is 2. The highest BCUT2D eigenvalue weighted by atomic mass is 35.5. The van der Waals surface area contributed by atoms with E-state index in [9.17, 15) is 13.9 Å². The molecule has 0 radical (unpaired) electrons. The summed E-state index contributed by atoms with van der Waals surface area (Å²) in [5.74, 6) is -0.816. The van der Waals surface area contributed by atoms with E-state index in [2.05, 4.69) is 0 Å². The van der Waals surface area contributed by atoms with Crippen LogP contribution in [0.4, 0.5) is 8.78 Å². The first-order chi connectivity index (χ1) is 8.99. The molecule has 0 aromatic heterocycles. The van der Waals surface area contributed by atoms with Crippen molar-refractivity contribution in [3.05, 3.63) is 69.7 Å². The zero-order valence-electron chi connectivity index (χ0n) is 10.3. The molecule has 0 spiro atoms. The number of rotatable bonds is 3. The first kappa shape index (κ1) is 14.0. The molecule has 100 valence electrons. The van der Waals surface area contributed by atoms with Gasteiger partial charge >= 0.3 is 0 Å². The normalized spacial score (nSPS) is 12.5. The average Bonchev–Trinajstić information content (AvgIpc) is 2.33. The van der Waals surface area contributed by atoms with E-state index in [-0.39, 0.29) is 22.8 Å². The van der Waals surface area contributed by atoms with E-state index < -0.39 is 11.9 Å². The van der Waals surface area contributed by atoms with Gasteiger partial charge < -0.3 is 5.11 Å². The minimum absolute atomic E-state index is 0.0536. The number of aryl methyl sites for hydroxylation is 1.